The summed E-state index contributed by atoms with van der Waals surface area (Å²) < 4.78 is 5.33. The SMILES string of the molecule is CC(=O)Nc1cccc(NC(=O)c2ccnc(NCCN3CCOCC3)n2)c1. The summed E-state index contributed by atoms with van der Waals surface area (Å²) in [4.78, 5) is 34.4. The molecule has 0 radical (unpaired) electrons. The van der Waals surface area contributed by atoms with E-state index in [1.54, 1.807) is 36.5 Å². The van der Waals surface area contributed by atoms with Gasteiger partial charge in [-0.05, 0) is 24.3 Å². The fourth-order valence-corrected chi connectivity index (χ4v) is 2.79. The first-order valence-corrected chi connectivity index (χ1v) is 9.16. The van der Waals surface area contributed by atoms with Gasteiger partial charge >= 0.3 is 0 Å². The van der Waals surface area contributed by atoms with Crippen LogP contribution in [0.1, 0.15) is 17.4 Å². The molecule has 0 atom stereocenters. The van der Waals surface area contributed by atoms with E-state index in [1.165, 1.54) is 6.92 Å². The Kier molecular flexibility index (Phi) is 6.88. The van der Waals surface area contributed by atoms with Gasteiger partial charge in [-0.2, -0.15) is 0 Å². The van der Waals surface area contributed by atoms with Crippen molar-refractivity contribution >= 4 is 29.1 Å². The van der Waals surface area contributed by atoms with Crippen molar-refractivity contribution in [1.29, 1.82) is 0 Å². The lowest BCUT2D eigenvalue weighted by Crippen LogP contribution is -2.39. The molecule has 2 heterocycles. The molecule has 148 valence electrons. The molecule has 1 saturated heterocycles. The van der Waals surface area contributed by atoms with Gasteiger partial charge in [0.15, 0.2) is 0 Å². The lowest BCUT2D eigenvalue weighted by molar-refractivity contribution is -0.114. The van der Waals surface area contributed by atoms with Crippen LogP contribution >= 0.6 is 0 Å². The molecule has 2 aromatic rings. The first-order valence-electron chi connectivity index (χ1n) is 9.16. The molecule has 28 heavy (non-hydrogen) atoms. The van der Waals surface area contributed by atoms with Crippen LogP contribution < -0.4 is 16.0 Å². The number of benzene rings is 1. The van der Waals surface area contributed by atoms with Crippen LogP contribution in [0, 0.1) is 0 Å². The van der Waals surface area contributed by atoms with Crippen LogP contribution in [0.4, 0.5) is 17.3 Å². The van der Waals surface area contributed by atoms with Gasteiger partial charge in [-0.3, -0.25) is 14.5 Å². The minimum atomic E-state index is -0.349. The molecule has 1 aromatic carbocycles. The zero-order valence-electron chi connectivity index (χ0n) is 15.8. The number of morpholine rings is 1. The summed E-state index contributed by atoms with van der Waals surface area (Å²) in [5.74, 6) is -0.112. The summed E-state index contributed by atoms with van der Waals surface area (Å²) in [6, 6.07) is 8.48. The molecule has 1 fully saturated rings. The van der Waals surface area contributed by atoms with Gasteiger partial charge in [-0.1, -0.05) is 6.07 Å². The van der Waals surface area contributed by atoms with Gasteiger partial charge in [0.1, 0.15) is 5.69 Å². The zero-order chi connectivity index (χ0) is 19.8. The number of carbonyl (C=O) groups excluding carboxylic acids is 2. The molecule has 1 aromatic heterocycles. The average molecular weight is 384 g/mol. The van der Waals surface area contributed by atoms with Crippen molar-refractivity contribution in [2.45, 2.75) is 6.92 Å². The van der Waals surface area contributed by atoms with Gasteiger partial charge in [0.05, 0.1) is 13.2 Å². The molecule has 0 spiro atoms. The van der Waals surface area contributed by atoms with Gasteiger partial charge in [-0.15, -0.1) is 0 Å². The third-order valence-electron chi connectivity index (χ3n) is 4.14. The number of anilines is 3. The van der Waals surface area contributed by atoms with E-state index in [4.69, 9.17) is 4.74 Å². The fraction of sp³-hybridized carbons (Fsp3) is 0.368. The summed E-state index contributed by atoms with van der Waals surface area (Å²) in [7, 11) is 0. The van der Waals surface area contributed by atoms with E-state index in [-0.39, 0.29) is 17.5 Å². The molecule has 9 nitrogen and oxygen atoms in total. The summed E-state index contributed by atoms with van der Waals surface area (Å²) in [6.07, 6.45) is 1.55. The van der Waals surface area contributed by atoms with Crippen LogP contribution in [0.5, 0.6) is 0 Å². The van der Waals surface area contributed by atoms with Crippen molar-refractivity contribution in [3.63, 3.8) is 0 Å². The quantitative estimate of drug-likeness (QED) is 0.663. The second kappa shape index (κ2) is 9.77. The van der Waals surface area contributed by atoms with Crippen LogP contribution in [0.3, 0.4) is 0 Å². The number of ether oxygens (including phenoxy) is 1. The molecule has 0 bridgehead atoms. The second-order valence-corrected chi connectivity index (χ2v) is 6.36. The van der Waals surface area contributed by atoms with E-state index >= 15 is 0 Å². The second-order valence-electron chi connectivity index (χ2n) is 6.36. The standard InChI is InChI=1S/C19H24N6O3/c1-14(26)22-15-3-2-4-16(13-15)23-18(27)17-5-6-20-19(24-17)21-7-8-25-9-11-28-12-10-25/h2-6,13H,7-12H2,1H3,(H,22,26)(H,23,27)(H,20,21,24). The lowest BCUT2D eigenvalue weighted by Gasteiger charge is -2.26. The molecule has 0 aliphatic carbocycles. The summed E-state index contributed by atoms with van der Waals surface area (Å²) in [6.45, 7) is 6.33. The largest absolute Gasteiger partial charge is 0.379 e. The predicted octanol–water partition coefficient (Wildman–Crippen LogP) is 1.43. The van der Waals surface area contributed by atoms with Crippen LogP contribution in [-0.2, 0) is 9.53 Å². The number of hydrogen-bond donors (Lipinski definition) is 3. The molecule has 0 saturated carbocycles. The lowest BCUT2D eigenvalue weighted by atomic mass is 10.2. The Bertz CT molecular complexity index is 823. The highest BCUT2D eigenvalue weighted by atomic mass is 16.5. The van der Waals surface area contributed by atoms with Gasteiger partial charge in [0, 0.05) is 50.7 Å². The van der Waals surface area contributed by atoms with E-state index in [1.807, 2.05) is 0 Å². The van der Waals surface area contributed by atoms with Crippen molar-refractivity contribution < 1.29 is 14.3 Å². The van der Waals surface area contributed by atoms with Gasteiger partial charge in [-0.25, -0.2) is 9.97 Å². The molecule has 0 unspecified atom stereocenters. The first kappa shape index (κ1) is 19.7. The van der Waals surface area contributed by atoms with Gasteiger partial charge in [0.2, 0.25) is 11.9 Å². The van der Waals surface area contributed by atoms with Gasteiger partial charge < -0.3 is 20.7 Å². The third-order valence-corrected chi connectivity index (χ3v) is 4.14. The number of aromatic nitrogens is 2. The maximum absolute atomic E-state index is 12.5. The van der Waals surface area contributed by atoms with Crippen LogP contribution in [0.25, 0.3) is 0 Å². The Balaban J connectivity index is 1.55. The van der Waals surface area contributed by atoms with Crippen LogP contribution in [0.2, 0.25) is 0 Å². The van der Waals surface area contributed by atoms with E-state index in [9.17, 15) is 9.59 Å². The number of carbonyl (C=O) groups is 2. The number of rotatable bonds is 7. The maximum atomic E-state index is 12.5. The topological polar surface area (TPSA) is 108 Å². The smallest absolute Gasteiger partial charge is 0.274 e. The molecule has 2 amide bonds. The number of nitrogens with one attached hydrogen (secondary N) is 3. The van der Waals surface area contributed by atoms with Gasteiger partial charge in [0.25, 0.3) is 5.91 Å². The maximum Gasteiger partial charge on any atom is 0.274 e. The van der Waals surface area contributed by atoms with Crippen LogP contribution in [0.15, 0.2) is 36.5 Å². The third kappa shape index (κ3) is 6.00. The highest BCUT2D eigenvalue weighted by Gasteiger charge is 2.12. The average Bonchev–Trinajstić information content (AvgIpc) is 2.69. The predicted molar refractivity (Wildman–Crippen MR) is 106 cm³/mol. The van der Waals surface area contributed by atoms with E-state index in [2.05, 4.69) is 30.8 Å². The Morgan fingerprint density at radius 3 is 2.64 bits per heavy atom. The Morgan fingerprint density at radius 1 is 1.14 bits per heavy atom. The zero-order valence-corrected chi connectivity index (χ0v) is 15.8. The van der Waals surface area contributed by atoms with Crippen molar-refractivity contribution in [3.05, 3.63) is 42.2 Å². The van der Waals surface area contributed by atoms with Crippen molar-refractivity contribution in [2.75, 3.05) is 55.3 Å². The van der Waals surface area contributed by atoms with Crippen molar-refractivity contribution in [2.24, 2.45) is 0 Å². The minimum Gasteiger partial charge on any atom is -0.379 e. The molecule has 3 rings (SSSR count). The minimum absolute atomic E-state index is 0.174. The molecule has 3 N–H and O–H groups in total. The normalized spacial score (nSPS) is 14.3. The molecular formula is C19H24N6O3. The molecule has 1 aliphatic rings. The number of nitrogens with zero attached hydrogens (tertiary/aromatic N) is 3. The van der Waals surface area contributed by atoms with E-state index in [0.29, 0.717) is 23.9 Å². The highest BCUT2D eigenvalue weighted by Crippen LogP contribution is 2.16. The van der Waals surface area contributed by atoms with Crippen LogP contribution in [-0.4, -0.2) is 66.1 Å². The monoisotopic (exact) mass is 384 g/mol. The summed E-state index contributed by atoms with van der Waals surface area (Å²) >= 11 is 0. The molecule has 9 heteroatoms. The summed E-state index contributed by atoms with van der Waals surface area (Å²) in [5, 5.41) is 8.61. The number of hydrogen-bond acceptors (Lipinski definition) is 7. The first-order chi connectivity index (χ1) is 13.6. The summed E-state index contributed by atoms with van der Waals surface area (Å²) in [5.41, 5.74) is 1.43. The molecular weight excluding hydrogens is 360 g/mol. The Labute approximate surface area is 163 Å². The van der Waals surface area contributed by atoms with E-state index < -0.39 is 0 Å². The fourth-order valence-electron chi connectivity index (χ4n) is 2.79. The Morgan fingerprint density at radius 2 is 1.89 bits per heavy atom. The molecule has 1 aliphatic heterocycles. The number of amides is 2. The van der Waals surface area contributed by atoms with E-state index in [0.717, 1.165) is 32.8 Å². The highest BCUT2D eigenvalue weighted by molar-refractivity contribution is 6.03. The van der Waals surface area contributed by atoms with Crippen molar-refractivity contribution in [1.82, 2.24) is 14.9 Å². The van der Waals surface area contributed by atoms with Crippen molar-refractivity contribution in [3.8, 4) is 0 Å². The Hall–Kier alpha value is -3.04.